The summed E-state index contributed by atoms with van der Waals surface area (Å²) in [7, 11) is 1.62. The van der Waals surface area contributed by atoms with Crippen molar-refractivity contribution in [1.29, 1.82) is 0 Å². The van der Waals surface area contributed by atoms with Gasteiger partial charge in [0, 0.05) is 13.1 Å². The van der Waals surface area contributed by atoms with E-state index < -0.39 is 29.0 Å². The number of piperidine rings is 1. The van der Waals surface area contributed by atoms with Crippen LogP contribution in [0.3, 0.4) is 0 Å². The number of likely N-dealkylation sites (N-methyl/N-ethyl adjacent to an activating group) is 1. The maximum absolute atomic E-state index is 13.6. The van der Waals surface area contributed by atoms with Crippen molar-refractivity contribution in [3.63, 3.8) is 0 Å². The Morgan fingerprint density at radius 3 is 2.54 bits per heavy atom. The van der Waals surface area contributed by atoms with Crippen molar-refractivity contribution in [1.82, 2.24) is 9.80 Å². The standard InChI is InChI=1S/C20H26F3N3O2/c1-25(11-17(27)24-16-7-6-15(21)19(22)20(16)23)12-18(28)26-9-8-13-4-2-3-5-14(13)10-26/h6-7,13-14H,2-5,8-12H2,1H3,(H,24,27)/t13-,14-/m1/s1. The quantitative estimate of drug-likeness (QED) is 0.778. The van der Waals surface area contributed by atoms with Crippen LogP contribution in [0.2, 0.25) is 0 Å². The predicted molar refractivity (Wildman–Crippen MR) is 99.1 cm³/mol. The molecule has 1 aromatic rings. The maximum Gasteiger partial charge on any atom is 0.238 e. The van der Waals surface area contributed by atoms with Crippen molar-refractivity contribution in [2.24, 2.45) is 11.8 Å². The fourth-order valence-corrected chi connectivity index (χ4v) is 4.27. The van der Waals surface area contributed by atoms with Crippen LogP contribution < -0.4 is 5.32 Å². The van der Waals surface area contributed by atoms with Crippen molar-refractivity contribution in [2.45, 2.75) is 32.1 Å². The highest BCUT2D eigenvalue weighted by Gasteiger charge is 2.33. The molecule has 2 fully saturated rings. The molecular weight excluding hydrogens is 371 g/mol. The molecule has 28 heavy (non-hydrogen) atoms. The first-order valence-corrected chi connectivity index (χ1v) is 9.75. The minimum atomic E-state index is -1.63. The Bertz CT molecular complexity index is 744. The fraction of sp³-hybridized carbons (Fsp3) is 0.600. The lowest BCUT2D eigenvalue weighted by atomic mass is 9.75. The topological polar surface area (TPSA) is 52.7 Å². The average molecular weight is 397 g/mol. The third-order valence-electron chi connectivity index (χ3n) is 5.77. The van der Waals surface area contributed by atoms with E-state index in [-0.39, 0.29) is 19.0 Å². The molecule has 8 heteroatoms. The summed E-state index contributed by atoms with van der Waals surface area (Å²) in [6.07, 6.45) is 5.98. The smallest absolute Gasteiger partial charge is 0.238 e. The second-order valence-electron chi connectivity index (χ2n) is 7.88. The molecular formula is C20H26F3N3O2. The van der Waals surface area contributed by atoms with Crippen LogP contribution >= 0.6 is 0 Å². The van der Waals surface area contributed by atoms with Crippen LogP contribution in [0.5, 0.6) is 0 Å². The Hall–Kier alpha value is -2.09. The molecule has 1 N–H and O–H groups in total. The highest BCUT2D eigenvalue weighted by atomic mass is 19.2. The van der Waals surface area contributed by atoms with E-state index in [0.29, 0.717) is 5.92 Å². The first-order chi connectivity index (χ1) is 13.3. The summed E-state index contributed by atoms with van der Waals surface area (Å²) in [5.74, 6) is -3.72. The summed E-state index contributed by atoms with van der Waals surface area (Å²) in [4.78, 5) is 28.0. The van der Waals surface area contributed by atoms with E-state index in [1.54, 1.807) is 7.05 Å². The van der Waals surface area contributed by atoms with E-state index in [1.807, 2.05) is 4.90 Å². The van der Waals surface area contributed by atoms with Crippen LogP contribution in [-0.2, 0) is 9.59 Å². The highest BCUT2D eigenvalue weighted by Crippen LogP contribution is 2.36. The number of anilines is 1. The number of rotatable bonds is 5. The first-order valence-electron chi connectivity index (χ1n) is 9.75. The number of hydrogen-bond donors (Lipinski definition) is 1. The minimum absolute atomic E-state index is 0.0293. The largest absolute Gasteiger partial charge is 0.341 e. The molecule has 5 nitrogen and oxygen atoms in total. The number of likely N-dealkylation sites (tertiary alicyclic amines) is 1. The lowest BCUT2D eigenvalue weighted by Gasteiger charge is -2.41. The van der Waals surface area contributed by atoms with E-state index >= 15 is 0 Å². The second kappa shape index (κ2) is 8.94. The van der Waals surface area contributed by atoms with Crippen molar-refractivity contribution >= 4 is 17.5 Å². The van der Waals surface area contributed by atoms with Crippen LogP contribution in [0.15, 0.2) is 12.1 Å². The molecule has 1 saturated carbocycles. The molecule has 0 aromatic heterocycles. The first kappa shape index (κ1) is 20.6. The Labute approximate surface area is 162 Å². The Kier molecular flexibility index (Phi) is 6.59. The van der Waals surface area contributed by atoms with Gasteiger partial charge in [0.1, 0.15) is 0 Å². The van der Waals surface area contributed by atoms with Gasteiger partial charge in [0.15, 0.2) is 17.5 Å². The van der Waals surface area contributed by atoms with Gasteiger partial charge < -0.3 is 10.2 Å². The van der Waals surface area contributed by atoms with Crippen LogP contribution in [0, 0.1) is 29.3 Å². The van der Waals surface area contributed by atoms with E-state index in [4.69, 9.17) is 0 Å². The molecule has 1 aromatic carbocycles. The molecule has 2 atom stereocenters. The van der Waals surface area contributed by atoms with E-state index in [2.05, 4.69) is 5.32 Å². The van der Waals surface area contributed by atoms with E-state index in [9.17, 15) is 22.8 Å². The van der Waals surface area contributed by atoms with Gasteiger partial charge in [-0.1, -0.05) is 19.3 Å². The number of nitrogens with zero attached hydrogens (tertiary/aromatic N) is 2. The molecule has 0 unspecified atom stereocenters. The second-order valence-corrected chi connectivity index (χ2v) is 7.88. The van der Waals surface area contributed by atoms with Gasteiger partial charge in [0.25, 0.3) is 0 Å². The number of nitrogens with one attached hydrogen (secondary N) is 1. The van der Waals surface area contributed by atoms with Crippen molar-refractivity contribution in [2.75, 3.05) is 38.5 Å². The summed E-state index contributed by atoms with van der Waals surface area (Å²) in [5, 5.41) is 2.21. The normalized spacial score (nSPS) is 22.1. The SMILES string of the molecule is CN(CC(=O)Nc1ccc(F)c(F)c1F)CC(=O)N1CC[C@H]2CCCC[C@@H]2C1. The van der Waals surface area contributed by atoms with Gasteiger partial charge in [-0.05, 0) is 43.9 Å². The van der Waals surface area contributed by atoms with Gasteiger partial charge in [0.05, 0.1) is 18.8 Å². The number of amides is 2. The molecule has 1 aliphatic carbocycles. The van der Waals surface area contributed by atoms with Crippen LogP contribution in [0.4, 0.5) is 18.9 Å². The molecule has 2 amide bonds. The average Bonchev–Trinajstić information content (AvgIpc) is 2.67. The molecule has 154 valence electrons. The zero-order valence-electron chi connectivity index (χ0n) is 16.0. The van der Waals surface area contributed by atoms with Gasteiger partial charge in [-0.15, -0.1) is 0 Å². The molecule has 1 heterocycles. The lowest BCUT2D eigenvalue weighted by molar-refractivity contribution is -0.135. The zero-order valence-corrected chi connectivity index (χ0v) is 16.0. The summed E-state index contributed by atoms with van der Waals surface area (Å²) in [5.41, 5.74) is -0.428. The van der Waals surface area contributed by atoms with Crippen LogP contribution in [-0.4, -0.2) is 54.8 Å². The molecule has 1 saturated heterocycles. The summed E-state index contributed by atoms with van der Waals surface area (Å²) < 4.78 is 39.8. The Morgan fingerprint density at radius 2 is 1.79 bits per heavy atom. The zero-order chi connectivity index (χ0) is 20.3. The third-order valence-corrected chi connectivity index (χ3v) is 5.77. The van der Waals surface area contributed by atoms with Gasteiger partial charge in [-0.2, -0.15) is 0 Å². The number of fused-ring (bicyclic) bond motifs is 1. The molecule has 0 radical (unpaired) electrons. The Morgan fingerprint density at radius 1 is 1.07 bits per heavy atom. The molecule has 0 bridgehead atoms. The van der Waals surface area contributed by atoms with E-state index in [0.717, 1.165) is 37.6 Å². The number of carbonyl (C=O) groups excluding carboxylic acids is 2. The summed E-state index contributed by atoms with van der Waals surface area (Å²) in [6.45, 7) is 1.44. The number of benzene rings is 1. The van der Waals surface area contributed by atoms with Crippen LogP contribution in [0.25, 0.3) is 0 Å². The van der Waals surface area contributed by atoms with Gasteiger partial charge in [0.2, 0.25) is 11.8 Å². The minimum Gasteiger partial charge on any atom is -0.341 e. The molecule has 3 rings (SSSR count). The van der Waals surface area contributed by atoms with Gasteiger partial charge in [-0.25, -0.2) is 13.2 Å². The van der Waals surface area contributed by atoms with Gasteiger partial charge >= 0.3 is 0 Å². The van der Waals surface area contributed by atoms with Crippen molar-refractivity contribution in [3.8, 4) is 0 Å². The summed E-state index contributed by atoms with van der Waals surface area (Å²) in [6, 6.07) is 1.71. The van der Waals surface area contributed by atoms with Gasteiger partial charge in [-0.3, -0.25) is 14.5 Å². The highest BCUT2D eigenvalue weighted by molar-refractivity contribution is 5.92. The lowest BCUT2D eigenvalue weighted by Crippen LogP contribution is -2.48. The number of hydrogen-bond acceptors (Lipinski definition) is 3. The Balaban J connectivity index is 1.48. The van der Waals surface area contributed by atoms with E-state index in [1.165, 1.54) is 30.6 Å². The predicted octanol–water partition coefficient (Wildman–Crippen LogP) is 3.01. The maximum atomic E-state index is 13.6. The molecule has 2 aliphatic rings. The fourth-order valence-electron chi connectivity index (χ4n) is 4.27. The van der Waals surface area contributed by atoms with Crippen molar-refractivity contribution < 1.29 is 22.8 Å². The molecule has 1 aliphatic heterocycles. The van der Waals surface area contributed by atoms with Crippen LogP contribution in [0.1, 0.15) is 32.1 Å². The number of halogens is 3. The number of carbonyl (C=O) groups is 2. The molecule has 0 spiro atoms. The summed E-state index contributed by atoms with van der Waals surface area (Å²) >= 11 is 0. The third kappa shape index (κ3) is 4.84. The monoisotopic (exact) mass is 397 g/mol. The van der Waals surface area contributed by atoms with Crippen molar-refractivity contribution in [3.05, 3.63) is 29.6 Å².